The molecule has 0 saturated carbocycles. The van der Waals surface area contributed by atoms with Gasteiger partial charge in [0.1, 0.15) is 24.2 Å². The molecule has 1 aliphatic rings. The van der Waals surface area contributed by atoms with Gasteiger partial charge >= 0.3 is 0 Å². The Balaban J connectivity index is 1.64. The number of carbonyl (C=O) groups excluding carboxylic acids is 1. The summed E-state index contributed by atoms with van der Waals surface area (Å²) in [6, 6.07) is 11.2. The fourth-order valence-electron chi connectivity index (χ4n) is 3.58. The van der Waals surface area contributed by atoms with E-state index in [-0.39, 0.29) is 10.7 Å². The lowest BCUT2D eigenvalue weighted by molar-refractivity contribution is -0.367. The normalized spacial score (nSPS) is 15.0. The highest BCUT2D eigenvalue weighted by Crippen LogP contribution is 2.20. The number of aromatic nitrogens is 1. The van der Waals surface area contributed by atoms with E-state index in [0.717, 1.165) is 43.2 Å². The van der Waals surface area contributed by atoms with Crippen LogP contribution in [0.5, 0.6) is 0 Å². The van der Waals surface area contributed by atoms with Crippen LogP contribution in [0.4, 0.5) is 11.5 Å². The number of piperazine rings is 1. The Labute approximate surface area is 173 Å². The van der Waals surface area contributed by atoms with Crippen molar-refractivity contribution >= 4 is 27.3 Å². The number of carbonyl (C=O) groups is 1. The van der Waals surface area contributed by atoms with E-state index in [9.17, 15) is 13.2 Å². The quantitative estimate of drug-likeness (QED) is 0.645. The number of H-pyrrole nitrogens is 1. The van der Waals surface area contributed by atoms with Gasteiger partial charge in [-0.2, -0.15) is 4.31 Å². The fourth-order valence-corrected chi connectivity index (χ4v) is 5.01. The third kappa shape index (κ3) is 4.59. The third-order valence-corrected chi connectivity index (χ3v) is 7.42. The van der Waals surface area contributed by atoms with E-state index in [2.05, 4.69) is 14.8 Å². The van der Waals surface area contributed by atoms with Crippen molar-refractivity contribution in [2.24, 2.45) is 0 Å². The molecule has 0 radical (unpaired) electrons. The number of hydrogen-bond acceptors (Lipinski definition) is 5. The second-order valence-corrected chi connectivity index (χ2v) is 9.01. The first-order valence-electron chi connectivity index (χ1n) is 9.99. The Morgan fingerprint density at radius 3 is 2.03 bits per heavy atom. The Morgan fingerprint density at radius 1 is 0.966 bits per heavy atom. The van der Waals surface area contributed by atoms with E-state index < -0.39 is 10.0 Å². The number of anilines is 2. The Hall–Kier alpha value is -2.45. The molecule has 1 N–H and O–H groups in total. The molecule has 0 bridgehead atoms. The topological polar surface area (TPSA) is 75.1 Å². The summed E-state index contributed by atoms with van der Waals surface area (Å²) in [5.41, 5.74) is 1.83. The average molecular weight is 418 g/mol. The number of nitrogens with one attached hydrogen (secondary N) is 1. The SMILES string of the molecule is CCN(CC)S(=O)(=O)c1ccc(N2CCN(c3ccc(C(C)=O)cc3)CC2)[nH+]c1. The van der Waals surface area contributed by atoms with Crippen molar-refractivity contribution < 1.29 is 18.2 Å². The Bertz CT molecular complexity index is 931. The second-order valence-electron chi connectivity index (χ2n) is 7.08. The van der Waals surface area contributed by atoms with Crippen molar-refractivity contribution in [3.8, 4) is 0 Å². The zero-order valence-electron chi connectivity index (χ0n) is 17.3. The van der Waals surface area contributed by atoms with Crippen LogP contribution >= 0.6 is 0 Å². The van der Waals surface area contributed by atoms with E-state index in [4.69, 9.17) is 0 Å². The number of Topliss-reactive ketones (excluding diaryl/α,β-unsaturated/α-hetero) is 1. The van der Waals surface area contributed by atoms with E-state index >= 15 is 0 Å². The van der Waals surface area contributed by atoms with Crippen molar-refractivity contribution in [1.29, 1.82) is 0 Å². The number of benzene rings is 1. The van der Waals surface area contributed by atoms with Gasteiger partial charge in [-0.05, 0) is 37.3 Å². The van der Waals surface area contributed by atoms with Crippen molar-refractivity contribution in [2.45, 2.75) is 25.7 Å². The van der Waals surface area contributed by atoms with E-state index in [1.807, 2.05) is 44.2 Å². The van der Waals surface area contributed by atoms with Crippen LogP contribution in [0.1, 0.15) is 31.1 Å². The number of aromatic amines is 1. The van der Waals surface area contributed by atoms with Crippen LogP contribution in [-0.2, 0) is 10.0 Å². The molecule has 0 amide bonds. The zero-order chi connectivity index (χ0) is 21.0. The minimum atomic E-state index is -3.45. The molecule has 1 fully saturated rings. The fraction of sp³-hybridized carbons (Fsp3) is 0.429. The smallest absolute Gasteiger partial charge is 0.274 e. The van der Waals surface area contributed by atoms with Crippen molar-refractivity contribution in [3.63, 3.8) is 0 Å². The highest BCUT2D eigenvalue weighted by molar-refractivity contribution is 7.89. The van der Waals surface area contributed by atoms with Crippen LogP contribution in [0.15, 0.2) is 47.5 Å². The molecule has 0 atom stereocenters. The Kier molecular flexibility index (Phi) is 6.54. The van der Waals surface area contributed by atoms with Gasteiger partial charge in [-0.1, -0.05) is 13.8 Å². The van der Waals surface area contributed by atoms with E-state index in [1.165, 1.54) is 4.31 Å². The minimum absolute atomic E-state index is 0.0726. The molecular formula is C21H29N4O3S+. The van der Waals surface area contributed by atoms with Gasteiger partial charge in [0.05, 0.1) is 13.1 Å². The van der Waals surface area contributed by atoms with Gasteiger partial charge < -0.3 is 4.90 Å². The molecule has 1 aliphatic heterocycles. The summed E-state index contributed by atoms with van der Waals surface area (Å²) in [6.07, 6.45) is 1.58. The van der Waals surface area contributed by atoms with Gasteiger partial charge in [0.15, 0.2) is 5.78 Å². The lowest BCUT2D eigenvalue weighted by atomic mass is 10.1. The average Bonchev–Trinajstić information content (AvgIpc) is 2.75. The molecule has 7 nitrogen and oxygen atoms in total. The molecule has 0 aliphatic carbocycles. The molecular weight excluding hydrogens is 388 g/mol. The highest BCUT2D eigenvalue weighted by Gasteiger charge is 2.26. The maximum absolute atomic E-state index is 12.6. The lowest BCUT2D eigenvalue weighted by Crippen LogP contribution is -2.48. The molecule has 1 saturated heterocycles. The van der Waals surface area contributed by atoms with Crippen LogP contribution in [0.25, 0.3) is 0 Å². The largest absolute Gasteiger partial charge is 0.364 e. The molecule has 2 heterocycles. The van der Waals surface area contributed by atoms with Gasteiger partial charge in [0.25, 0.3) is 5.82 Å². The van der Waals surface area contributed by atoms with Crippen LogP contribution < -0.4 is 14.8 Å². The zero-order valence-corrected chi connectivity index (χ0v) is 18.1. The van der Waals surface area contributed by atoms with Gasteiger partial charge in [-0.15, -0.1) is 0 Å². The maximum atomic E-state index is 12.6. The summed E-state index contributed by atoms with van der Waals surface area (Å²) in [5, 5.41) is 0. The monoisotopic (exact) mass is 417 g/mol. The number of ketones is 1. The number of hydrogen-bond donors (Lipinski definition) is 0. The summed E-state index contributed by atoms with van der Waals surface area (Å²) in [4.78, 5) is 19.4. The summed E-state index contributed by atoms with van der Waals surface area (Å²) >= 11 is 0. The van der Waals surface area contributed by atoms with Crippen molar-refractivity contribution in [3.05, 3.63) is 48.2 Å². The molecule has 156 valence electrons. The van der Waals surface area contributed by atoms with Gasteiger partial charge in [0.2, 0.25) is 10.0 Å². The summed E-state index contributed by atoms with van der Waals surface area (Å²) in [6.45, 7) is 9.52. The Morgan fingerprint density at radius 2 is 1.55 bits per heavy atom. The summed E-state index contributed by atoms with van der Waals surface area (Å²) in [5.74, 6) is 0.985. The van der Waals surface area contributed by atoms with Gasteiger partial charge in [-0.25, -0.2) is 13.4 Å². The molecule has 29 heavy (non-hydrogen) atoms. The van der Waals surface area contributed by atoms with Crippen molar-refractivity contribution in [2.75, 3.05) is 49.1 Å². The first-order valence-corrected chi connectivity index (χ1v) is 11.4. The van der Waals surface area contributed by atoms with Crippen LogP contribution in [-0.4, -0.2) is 57.8 Å². The first kappa shape index (κ1) is 21.3. The molecule has 0 unspecified atom stereocenters. The second kappa shape index (κ2) is 8.92. The molecule has 1 aromatic carbocycles. The van der Waals surface area contributed by atoms with Gasteiger partial charge in [0, 0.05) is 30.4 Å². The minimum Gasteiger partial charge on any atom is -0.364 e. The first-order chi connectivity index (χ1) is 13.9. The number of pyridine rings is 1. The summed E-state index contributed by atoms with van der Waals surface area (Å²) < 4.78 is 26.7. The van der Waals surface area contributed by atoms with E-state index in [0.29, 0.717) is 13.1 Å². The molecule has 1 aromatic heterocycles. The molecule has 2 aromatic rings. The molecule has 0 spiro atoms. The van der Waals surface area contributed by atoms with Crippen molar-refractivity contribution in [1.82, 2.24) is 4.31 Å². The highest BCUT2D eigenvalue weighted by atomic mass is 32.2. The predicted octanol–water partition coefficient (Wildman–Crippen LogP) is 2.06. The lowest BCUT2D eigenvalue weighted by Gasteiger charge is -2.32. The molecule has 8 heteroatoms. The number of sulfonamides is 1. The standard InChI is InChI=1S/C21H28N4O3S/c1-4-25(5-2)29(27,28)20-10-11-21(22-16-20)24-14-12-23(13-15-24)19-8-6-18(7-9-19)17(3)26/h6-11,16H,4-5,12-15H2,1-3H3/p+1. The molecule has 3 rings (SSSR count). The van der Waals surface area contributed by atoms with Crippen LogP contribution in [0.3, 0.4) is 0 Å². The van der Waals surface area contributed by atoms with Crippen LogP contribution in [0, 0.1) is 0 Å². The maximum Gasteiger partial charge on any atom is 0.274 e. The van der Waals surface area contributed by atoms with Gasteiger partial charge in [-0.3, -0.25) is 9.69 Å². The van der Waals surface area contributed by atoms with Crippen LogP contribution in [0.2, 0.25) is 0 Å². The predicted molar refractivity (Wildman–Crippen MR) is 114 cm³/mol. The summed E-state index contributed by atoms with van der Waals surface area (Å²) in [7, 11) is -3.45. The van der Waals surface area contributed by atoms with E-state index in [1.54, 1.807) is 19.2 Å². The number of nitrogens with zero attached hydrogens (tertiary/aromatic N) is 3. The number of rotatable bonds is 7. The third-order valence-electron chi connectivity index (χ3n) is 5.37.